The second-order valence-corrected chi connectivity index (χ2v) is 15.7. The first-order valence-electron chi connectivity index (χ1n) is 20.9. The van der Waals surface area contributed by atoms with Gasteiger partial charge in [-0.05, 0) is 82.9 Å². The van der Waals surface area contributed by atoms with Crippen molar-refractivity contribution in [2.45, 2.75) is 0 Å². The van der Waals surface area contributed by atoms with E-state index in [1.165, 1.54) is 54.8 Å². The first-order chi connectivity index (χ1) is 30.7. The highest BCUT2D eigenvalue weighted by Gasteiger charge is 2.19. The van der Waals surface area contributed by atoms with Crippen molar-refractivity contribution < 1.29 is 0 Å². The third-order valence-electron chi connectivity index (χ3n) is 12.0. The van der Waals surface area contributed by atoms with Crippen LogP contribution in [0.5, 0.6) is 0 Å². The van der Waals surface area contributed by atoms with E-state index in [1.54, 1.807) is 0 Å². The molecule has 0 amide bonds. The summed E-state index contributed by atoms with van der Waals surface area (Å²) < 4.78 is 4.81. The highest BCUT2D eigenvalue weighted by Crippen LogP contribution is 2.40. The SMILES string of the molecule is c1ccc(-c2ccc3c4ccc(-c5ccccc5)cc4n(-c4ccc5c(c4)c4ccccc4n5-c4ccc(-c5nc(-c6ccccc6)nc(-c6ccccc6)n5)cc4)c3c2)cc1. The molecule has 0 saturated heterocycles. The topological polar surface area (TPSA) is 48.5 Å². The molecule has 0 bridgehead atoms. The molecule has 0 unspecified atom stereocenters. The molecule has 0 fully saturated rings. The van der Waals surface area contributed by atoms with Gasteiger partial charge in [-0.1, -0.05) is 164 Å². The van der Waals surface area contributed by atoms with Crippen molar-refractivity contribution in [2.24, 2.45) is 0 Å². The Morgan fingerprint density at radius 3 is 1.11 bits per heavy atom. The van der Waals surface area contributed by atoms with Gasteiger partial charge in [0.15, 0.2) is 17.5 Å². The molecule has 12 rings (SSSR count). The summed E-state index contributed by atoms with van der Waals surface area (Å²) in [6, 6.07) is 79.5. The van der Waals surface area contributed by atoms with Crippen LogP contribution >= 0.6 is 0 Å². The monoisotopic (exact) mass is 791 g/mol. The van der Waals surface area contributed by atoms with Gasteiger partial charge in [0.25, 0.3) is 0 Å². The van der Waals surface area contributed by atoms with Crippen molar-refractivity contribution >= 4 is 43.6 Å². The molecule has 5 heteroatoms. The summed E-state index contributed by atoms with van der Waals surface area (Å²) >= 11 is 0. The summed E-state index contributed by atoms with van der Waals surface area (Å²) in [7, 11) is 0. The normalized spacial score (nSPS) is 11.5. The van der Waals surface area contributed by atoms with Crippen LogP contribution in [0.2, 0.25) is 0 Å². The van der Waals surface area contributed by atoms with Gasteiger partial charge in [0.1, 0.15) is 0 Å². The number of nitrogens with zero attached hydrogens (tertiary/aromatic N) is 5. The number of rotatable bonds is 7. The van der Waals surface area contributed by atoms with E-state index in [0.29, 0.717) is 17.5 Å². The van der Waals surface area contributed by atoms with Crippen LogP contribution in [0.1, 0.15) is 0 Å². The minimum absolute atomic E-state index is 0.633. The van der Waals surface area contributed by atoms with Crippen molar-refractivity contribution in [2.75, 3.05) is 0 Å². The van der Waals surface area contributed by atoms with Gasteiger partial charge >= 0.3 is 0 Å². The second-order valence-electron chi connectivity index (χ2n) is 15.7. The number of para-hydroxylation sites is 1. The molecule has 0 spiro atoms. The molecule has 9 aromatic carbocycles. The summed E-state index contributed by atoms with van der Waals surface area (Å²) in [4.78, 5) is 14.9. The fourth-order valence-corrected chi connectivity index (χ4v) is 8.99. The third kappa shape index (κ3) is 6.06. The zero-order valence-corrected chi connectivity index (χ0v) is 33.6. The Kier molecular flexibility index (Phi) is 8.42. The average molecular weight is 792 g/mol. The maximum atomic E-state index is 4.98. The third-order valence-corrected chi connectivity index (χ3v) is 12.0. The lowest BCUT2D eigenvalue weighted by Crippen LogP contribution is -2.00. The predicted octanol–water partition coefficient (Wildman–Crippen LogP) is 14.4. The summed E-state index contributed by atoms with van der Waals surface area (Å²) in [6.45, 7) is 0. The molecule has 0 atom stereocenters. The molecular weight excluding hydrogens is 755 g/mol. The average Bonchev–Trinajstić information content (AvgIpc) is 3.86. The molecule has 3 aromatic heterocycles. The van der Waals surface area contributed by atoms with Crippen LogP contribution < -0.4 is 0 Å². The van der Waals surface area contributed by atoms with Gasteiger partial charge in [0.05, 0.1) is 22.1 Å². The zero-order valence-electron chi connectivity index (χ0n) is 33.6. The Labute approximate surface area is 358 Å². The van der Waals surface area contributed by atoms with Gasteiger partial charge in [-0.2, -0.15) is 0 Å². The molecule has 3 heterocycles. The van der Waals surface area contributed by atoms with E-state index in [-0.39, 0.29) is 0 Å². The maximum absolute atomic E-state index is 4.98. The van der Waals surface area contributed by atoms with Crippen LogP contribution in [-0.2, 0) is 0 Å². The largest absolute Gasteiger partial charge is 0.309 e. The van der Waals surface area contributed by atoms with E-state index in [9.17, 15) is 0 Å². The van der Waals surface area contributed by atoms with Crippen LogP contribution in [0.15, 0.2) is 224 Å². The minimum Gasteiger partial charge on any atom is -0.309 e. The van der Waals surface area contributed by atoms with Crippen molar-refractivity contribution in [3.05, 3.63) is 224 Å². The zero-order chi connectivity index (χ0) is 41.0. The lowest BCUT2D eigenvalue weighted by molar-refractivity contribution is 1.07. The van der Waals surface area contributed by atoms with Crippen molar-refractivity contribution in [1.82, 2.24) is 24.1 Å². The van der Waals surface area contributed by atoms with E-state index in [1.807, 2.05) is 60.7 Å². The van der Waals surface area contributed by atoms with Crippen LogP contribution in [0.4, 0.5) is 0 Å². The second kappa shape index (κ2) is 14.7. The van der Waals surface area contributed by atoms with Crippen molar-refractivity contribution in [3.63, 3.8) is 0 Å². The van der Waals surface area contributed by atoms with Crippen LogP contribution in [0.25, 0.3) is 111 Å². The van der Waals surface area contributed by atoms with Gasteiger partial charge in [-0.25, -0.2) is 15.0 Å². The van der Waals surface area contributed by atoms with E-state index >= 15 is 0 Å². The summed E-state index contributed by atoms with van der Waals surface area (Å²) in [6.07, 6.45) is 0. The molecule has 0 aliphatic carbocycles. The van der Waals surface area contributed by atoms with Gasteiger partial charge in [-0.3, -0.25) is 0 Å². The van der Waals surface area contributed by atoms with Crippen LogP contribution in [0.3, 0.4) is 0 Å². The number of hydrogen-bond acceptors (Lipinski definition) is 3. The van der Waals surface area contributed by atoms with E-state index in [4.69, 9.17) is 15.0 Å². The quantitative estimate of drug-likeness (QED) is 0.162. The first-order valence-corrected chi connectivity index (χ1v) is 20.9. The van der Waals surface area contributed by atoms with Gasteiger partial charge in [0.2, 0.25) is 0 Å². The van der Waals surface area contributed by atoms with E-state index in [0.717, 1.165) is 39.1 Å². The van der Waals surface area contributed by atoms with Gasteiger partial charge < -0.3 is 9.13 Å². The highest BCUT2D eigenvalue weighted by molar-refractivity contribution is 6.13. The number of aromatic nitrogens is 5. The van der Waals surface area contributed by atoms with E-state index in [2.05, 4.69) is 173 Å². The lowest BCUT2D eigenvalue weighted by Gasteiger charge is -2.12. The van der Waals surface area contributed by atoms with Crippen LogP contribution in [-0.4, -0.2) is 24.1 Å². The Balaban J connectivity index is 1.01. The van der Waals surface area contributed by atoms with E-state index < -0.39 is 0 Å². The number of benzene rings is 9. The summed E-state index contributed by atoms with van der Waals surface area (Å²) in [5.41, 5.74) is 14.4. The molecular formula is C57H37N5. The lowest BCUT2D eigenvalue weighted by atomic mass is 10.0. The molecule has 0 saturated carbocycles. The van der Waals surface area contributed by atoms with Gasteiger partial charge in [-0.15, -0.1) is 0 Å². The number of fused-ring (bicyclic) bond motifs is 6. The predicted molar refractivity (Wildman–Crippen MR) is 256 cm³/mol. The molecule has 0 aliphatic heterocycles. The summed E-state index contributed by atoms with van der Waals surface area (Å²) in [5, 5.41) is 4.84. The standard InChI is InChI=1S/C57H37N5/c1-5-15-38(16-6-1)43-27-32-48-49-33-28-44(39-17-7-2-8-18-39)36-54(49)62(53(48)35-43)46-31-34-52-50(37-46)47-23-13-14-24-51(47)61(52)45-29-25-42(26-30-45)57-59-55(40-19-9-3-10-20-40)58-56(60-57)41-21-11-4-12-22-41/h1-37H. The first kappa shape index (κ1) is 35.5. The molecule has 0 N–H and O–H groups in total. The highest BCUT2D eigenvalue weighted by atomic mass is 15.0. The molecule has 0 aliphatic rings. The molecule has 62 heavy (non-hydrogen) atoms. The van der Waals surface area contributed by atoms with Crippen LogP contribution in [0, 0.1) is 0 Å². The fourth-order valence-electron chi connectivity index (χ4n) is 8.99. The fraction of sp³-hybridized carbons (Fsp3) is 0. The molecule has 290 valence electrons. The molecule has 5 nitrogen and oxygen atoms in total. The Bertz CT molecular complexity index is 3440. The Morgan fingerprint density at radius 2 is 0.597 bits per heavy atom. The smallest absolute Gasteiger partial charge is 0.164 e. The number of hydrogen-bond donors (Lipinski definition) is 0. The molecule has 0 radical (unpaired) electrons. The maximum Gasteiger partial charge on any atom is 0.164 e. The Morgan fingerprint density at radius 1 is 0.226 bits per heavy atom. The van der Waals surface area contributed by atoms with Crippen molar-refractivity contribution in [1.29, 1.82) is 0 Å². The molecule has 12 aromatic rings. The van der Waals surface area contributed by atoms with Crippen molar-refractivity contribution in [3.8, 4) is 67.8 Å². The Hall–Kier alpha value is -8.41. The summed E-state index contributed by atoms with van der Waals surface area (Å²) in [5.74, 6) is 1.92. The van der Waals surface area contributed by atoms with Gasteiger partial charge in [0, 0.05) is 49.6 Å². The minimum atomic E-state index is 0.633.